The first-order chi connectivity index (χ1) is 20.9. The summed E-state index contributed by atoms with van der Waals surface area (Å²) in [4.78, 5) is 64.6. The summed E-state index contributed by atoms with van der Waals surface area (Å²) >= 11 is 5.23. The molecular weight excluding hydrogens is 595 g/mol. The topological polar surface area (TPSA) is 214 Å². The van der Waals surface area contributed by atoms with Crippen LogP contribution in [0.1, 0.15) is 53.6 Å². The fourth-order valence-electron chi connectivity index (χ4n) is 4.46. The van der Waals surface area contributed by atoms with E-state index in [1.807, 2.05) is 0 Å². The van der Waals surface area contributed by atoms with Crippen molar-refractivity contribution in [1.29, 1.82) is 0 Å². The highest BCUT2D eigenvalue weighted by Crippen LogP contribution is 2.16. The fourth-order valence-corrected chi connectivity index (χ4v) is 4.69. The Morgan fingerprint density at radius 3 is 2.36 bits per heavy atom. The summed E-state index contributed by atoms with van der Waals surface area (Å²) in [6.07, 6.45) is 0. The molecule has 5 rings (SSSR count). The van der Waals surface area contributed by atoms with Crippen LogP contribution in [-0.2, 0) is 19.6 Å². The lowest BCUT2D eigenvalue weighted by Crippen LogP contribution is -2.37. The standard InChI is InChI=1S/C28H23FN8O6S/c1-12-6-13(2-4-16(12)26(42)43)9-33-25(41)19-8-18(34-27-35-36-28(44)37(19)27)24(40)32-10-14-3-5-17(29)15(7-14)11-31-21-20(30)22(38)23(21)39/h2-8,31H,9-11,30H2,1H3,(H,32,40)(H,33,41)(H,36,44)(H,42,43). The monoisotopic (exact) mass is 618 g/mol. The van der Waals surface area contributed by atoms with E-state index in [2.05, 4.69) is 31.1 Å². The van der Waals surface area contributed by atoms with Crippen molar-refractivity contribution in [1.82, 2.24) is 30.2 Å². The van der Waals surface area contributed by atoms with Crippen LogP contribution >= 0.6 is 12.2 Å². The molecule has 0 saturated heterocycles. The number of carboxylic acids is 1. The summed E-state index contributed by atoms with van der Waals surface area (Å²) in [5.41, 5.74) is 5.50. The average Bonchev–Trinajstić information content (AvgIpc) is 3.39. The van der Waals surface area contributed by atoms with Crippen molar-refractivity contribution in [2.45, 2.75) is 26.6 Å². The second kappa shape index (κ2) is 11.8. The number of aromatic carboxylic acids is 1. The highest BCUT2D eigenvalue weighted by Gasteiger charge is 2.20. The van der Waals surface area contributed by atoms with Crippen LogP contribution < -0.4 is 32.5 Å². The summed E-state index contributed by atoms with van der Waals surface area (Å²) in [5, 5.41) is 23.8. The molecule has 224 valence electrons. The van der Waals surface area contributed by atoms with Gasteiger partial charge in [-0.15, -0.1) is 5.10 Å². The van der Waals surface area contributed by atoms with Gasteiger partial charge in [-0.1, -0.05) is 18.2 Å². The van der Waals surface area contributed by atoms with E-state index in [1.54, 1.807) is 19.1 Å². The Bertz CT molecular complexity index is 2110. The molecule has 0 aliphatic carbocycles. The number of benzene rings is 2. The highest BCUT2D eigenvalue weighted by atomic mass is 32.1. The number of hydrogen-bond donors (Lipinski definition) is 6. The maximum absolute atomic E-state index is 14.4. The summed E-state index contributed by atoms with van der Waals surface area (Å²) < 4.78 is 15.7. The van der Waals surface area contributed by atoms with Gasteiger partial charge in [-0.2, -0.15) is 0 Å². The number of aromatic amines is 1. The summed E-state index contributed by atoms with van der Waals surface area (Å²) in [7, 11) is 0. The Morgan fingerprint density at radius 1 is 1.00 bits per heavy atom. The summed E-state index contributed by atoms with van der Waals surface area (Å²) in [5.74, 6) is -2.91. The molecule has 0 bridgehead atoms. The maximum atomic E-state index is 14.4. The van der Waals surface area contributed by atoms with Crippen molar-refractivity contribution in [3.8, 4) is 0 Å². The smallest absolute Gasteiger partial charge is 0.335 e. The molecule has 2 amide bonds. The number of carboxylic acid groups (broad SMARTS) is 1. The molecule has 0 saturated carbocycles. The van der Waals surface area contributed by atoms with Crippen molar-refractivity contribution in [2.75, 3.05) is 11.1 Å². The molecule has 0 unspecified atom stereocenters. The van der Waals surface area contributed by atoms with Crippen molar-refractivity contribution in [3.63, 3.8) is 0 Å². The molecule has 0 fully saturated rings. The van der Waals surface area contributed by atoms with Gasteiger partial charge in [0, 0.05) is 25.2 Å². The van der Waals surface area contributed by atoms with Crippen LogP contribution in [0.3, 0.4) is 0 Å². The molecule has 3 aromatic carbocycles. The molecule has 0 aliphatic rings. The number of halogens is 1. The third-order valence-corrected chi connectivity index (χ3v) is 7.07. The van der Waals surface area contributed by atoms with Gasteiger partial charge in [0.15, 0.2) is 0 Å². The first-order valence-corrected chi connectivity index (χ1v) is 13.3. The molecule has 16 heteroatoms. The minimum absolute atomic E-state index is 0.0227. The van der Waals surface area contributed by atoms with Crippen molar-refractivity contribution in [3.05, 3.63) is 113 Å². The Morgan fingerprint density at radius 2 is 1.68 bits per heavy atom. The van der Waals surface area contributed by atoms with Crippen LogP contribution in [0.15, 0.2) is 52.1 Å². The molecule has 2 aromatic heterocycles. The zero-order chi connectivity index (χ0) is 31.7. The maximum Gasteiger partial charge on any atom is 0.335 e. The van der Waals surface area contributed by atoms with Gasteiger partial charge in [0.1, 0.15) is 28.6 Å². The molecule has 0 radical (unpaired) electrons. The zero-order valence-corrected chi connectivity index (χ0v) is 23.7. The number of nitrogen functional groups attached to an aromatic ring is 1. The lowest BCUT2D eigenvalue weighted by molar-refractivity contribution is 0.0695. The molecule has 5 aromatic rings. The predicted octanol–water partition coefficient (Wildman–Crippen LogP) is 1.58. The van der Waals surface area contributed by atoms with E-state index in [4.69, 9.17) is 18.0 Å². The molecule has 2 heterocycles. The third kappa shape index (κ3) is 5.78. The van der Waals surface area contributed by atoms with Crippen LogP contribution in [0, 0.1) is 17.5 Å². The fraction of sp³-hybridized carbons (Fsp3) is 0.143. The number of nitrogens with zero attached hydrogens (tertiary/aromatic N) is 3. The third-order valence-electron chi connectivity index (χ3n) is 6.80. The van der Waals surface area contributed by atoms with Gasteiger partial charge < -0.3 is 26.8 Å². The van der Waals surface area contributed by atoms with Gasteiger partial charge in [0.2, 0.25) is 4.77 Å². The number of anilines is 2. The van der Waals surface area contributed by atoms with Crippen LogP contribution in [0.25, 0.3) is 5.78 Å². The molecule has 44 heavy (non-hydrogen) atoms. The van der Waals surface area contributed by atoms with E-state index in [-0.39, 0.29) is 64.1 Å². The number of amides is 2. The first-order valence-electron chi connectivity index (χ1n) is 12.9. The number of aromatic nitrogens is 4. The van der Waals surface area contributed by atoms with Crippen molar-refractivity contribution >= 4 is 47.2 Å². The number of aryl methyl sites for hydroxylation is 1. The average molecular weight is 619 g/mol. The van der Waals surface area contributed by atoms with Crippen molar-refractivity contribution in [2.24, 2.45) is 0 Å². The largest absolute Gasteiger partial charge is 0.478 e. The number of nitrogens with one attached hydrogen (secondary N) is 4. The number of rotatable bonds is 10. The Kier molecular flexibility index (Phi) is 8.00. The highest BCUT2D eigenvalue weighted by molar-refractivity contribution is 7.71. The minimum atomic E-state index is -1.06. The van der Waals surface area contributed by atoms with Crippen LogP contribution in [0.5, 0.6) is 0 Å². The second-order valence-electron chi connectivity index (χ2n) is 9.74. The molecule has 7 N–H and O–H groups in total. The number of carbonyl (C=O) groups excluding carboxylic acids is 2. The first kappa shape index (κ1) is 29.7. The normalized spacial score (nSPS) is 11.0. The van der Waals surface area contributed by atoms with Gasteiger partial charge in [-0.3, -0.25) is 19.2 Å². The lowest BCUT2D eigenvalue weighted by atomic mass is 10.1. The number of hydrogen-bond acceptors (Lipinski definition) is 10. The molecule has 0 spiro atoms. The Balaban J connectivity index is 1.30. The Hall–Kier alpha value is -5.77. The van der Waals surface area contributed by atoms with E-state index in [1.165, 1.54) is 34.7 Å². The van der Waals surface area contributed by atoms with Gasteiger partial charge >= 0.3 is 5.97 Å². The molecule has 0 atom stereocenters. The summed E-state index contributed by atoms with van der Waals surface area (Å²) in [6.45, 7) is 1.55. The SMILES string of the molecule is Cc1cc(CNC(=O)c2cc(C(=O)NCc3ccc(F)c(CNc4c(N)c(=O)c4=O)c3)nc3n[nH]c(=S)n23)ccc1C(=O)O. The van der Waals surface area contributed by atoms with E-state index in [0.717, 1.165) is 0 Å². The summed E-state index contributed by atoms with van der Waals surface area (Å²) in [6, 6.07) is 10.0. The quantitative estimate of drug-likeness (QED) is 0.0976. The van der Waals surface area contributed by atoms with E-state index in [0.29, 0.717) is 16.7 Å². The zero-order valence-electron chi connectivity index (χ0n) is 22.9. The predicted molar refractivity (Wildman–Crippen MR) is 158 cm³/mol. The van der Waals surface area contributed by atoms with Crippen LogP contribution in [0.4, 0.5) is 15.8 Å². The molecular formula is C28H23FN8O6S. The van der Waals surface area contributed by atoms with Gasteiger partial charge in [0.25, 0.3) is 28.4 Å². The van der Waals surface area contributed by atoms with E-state index in [9.17, 15) is 33.5 Å². The molecule has 0 aliphatic heterocycles. The van der Waals surface area contributed by atoms with Crippen molar-refractivity contribution < 1.29 is 23.9 Å². The minimum Gasteiger partial charge on any atom is -0.478 e. The number of fused-ring (bicyclic) bond motifs is 1. The van der Waals surface area contributed by atoms with Crippen LogP contribution in [-0.4, -0.2) is 42.5 Å². The van der Waals surface area contributed by atoms with Gasteiger partial charge in [0.05, 0.1) is 5.56 Å². The number of H-pyrrole nitrogens is 1. The van der Waals surface area contributed by atoms with Gasteiger partial charge in [-0.05, 0) is 60.1 Å². The molecule has 14 nitrogen and oxygen atoms in total. The van der Waals surface area contributed by atoms with E-state index < -0.39 is 34.5 Å². The lowest BCUT2D eigenvalue weighted by Gasteiger charge is -2.12. The van der Waals surface area contributed by atoms with Crippen LogP contribution in [0.2, 0.25) is 0 Å². The van der Waals surface area contributed by atoms with Gasteiger partial charge in [-0.25, -0.2) is 23.7 Å². The van der Waals surface area contributed by atoms with E-state index >= 15 is 0 Å². The number of nitrogens with two attached hydrogens (primary N) is 1. The second-order valence-corrected chi connectivity index (χ2v) is 10.1. The Labute approximate surface area is 251 Å². The number of carbonyl (C=O) groups is 3.